The monoisotopic (exact) mass is 846 g/mol. The summed E-state index contributed by atoms with van der Waals surface area (Å²) in [6.45, 7) is 0. The van der Waals surface area contributed by atoms with Gasteiger partial charge in [-0.2, -0.15) is 52.7 Å². The minimum atomic E-state index is -5.40. The number of ketones is 4. The van der Waals surface area contributed by atoms with E-state index < -0.39 is 60.7 Å². The molecule has 0 N–H and O–H groups in total. The number of Topliss-reactive ketones (excluding diaryl/α,β-unsaturated/α-hetero) is 4. The Labute approximate surface area is 279 Å². The first-order valence-corrected chi connectivity index (χ1v) is 12.1. The van der Waals surface area contributed by atoms with Gasteiger partial charge in [0.2, 0.25) is 23.1 Å². The van der Waals surface area contributed by atoms with E-state index in [1.807, 2.05) is 0 Å². The Balaban J connectivity index is -0.000000244. The molecule has 0 aromatic carbocycles. The smallest absolute Gasteiger partial charge is 0.289 e. The molecular weight excluding hydrogens is 820 g/mol. The van der Waals surface area contributed by atoms with Crippen molar-refractivity contribution in [1.29, 1.82) is 0 Å². The van der Waals surface area contributed by atoms with Crippen LogP contribution in [0.15, 0.2) is 0 Å². The second-order valence-electron chi connectivity index (χ2n) is 8.32. The maximum Gasteiger partial charge on any atom is 0.450 e. The van der Waals surface area contributed by atoms with E-state index in [4.69, 9.17) is 0 Å². The Bertz CT molecular complexity index is 647. The standard InChI is InChI=1S/2C8H12.2C5H2F6O2.2Ag/c2*1-2-4-6-8-7-5-3-1;2*6-4(7,8)2(12)1-3(13)5(9,10)11;;/h2*1-4H,5-8H2;2*1H2;;. The second-order valence-corrected chi connectivity index (χ2v) is 8.32. The minimum Gasteiger partial charge on any atom is -0.289 e. The molecule has 0 bridgehead atoms. The summed E-state index contributed by atoms with van der Waals surface area (Å²) >= 11 is 0. The maximum absolute atomic E-state index is 11.3. The SMILES string of the molecule is O=C(CC(=O)C(F)(F)F)C(F)(F)F.O=C(CC(=O)C(F)(F)F)C(F)(F)F.[Ag].[Ag].[CH]1[CH][CH]CCCC[CH]1.[CH]1[CH][CH]CCCC[CH]1. The Morgan fingerprint density at radius 2 is 0.545 bits per heavy atom. The zero-order chi connectivity index (χ0) is 33.0. The van der Waals surface area contributed by atoms with E-state index in [9.17, 15) is 71.9 Å². The molecule has 0 unspecified atom stereocenters. The van der Waals surface area contributed by atoms with E-state index in [2.05, 4.69) is 51.4 Å². The van der Waals surface area contributed by atoms with E-state index in [0.29, 0.717) is 0 Å². The first-order valence-electron chi connectivity index (χ1n) is 12.1. The van der Waals surface area contributed by atoms with Gasteiger partial charge < -0.3 is 0 Å². The molecule has 4 nitrogen and oxygen atoms in total. The van der Waals surface area contributed by atoms with Crippen molar-refractivity contribution in [2.24, 2.45) is 0 Å². The van der Waals surface area contributed by atoms with Crippen LogP contribution in [0.4, 0.5) is 52.7 Å². The third-order valence-corrected chi connectivity index (χ3v) is 4.66. The number of carbonyl (C=O) groups excluding carboxylic acids is 4. The van der Waals surface area contributed by atoms with Crippen LogP contribution in [-0.2, 0) is 63.9 Å². The summed E-state index contributed by atoms with van der Waals surface area (Å²) in [6, 6.07) is 0. The van der Waals surface area contributed by atoms with Gasteiger partial charge in [-0.3, -0.25) is 19.2 Å². The number of halogens is 12. The molecule has 0 amide bonds. The molecule has 0 aromatic rings. The summed E-state index contributed by atoms with van der Waals surface area (Å²) in [7, 11) is 0. The van der Waals surface area contributed by atoms with Crippen molar-refractivity contribution in [3.05, 3.63) is 51.4 Å². The molecule has 0 heterocycles. The van der Waals surface area contributed by atoms with Crippen molar-refractivity contribution in [2.45, 2.75) is 88.9 Å². The van der Waals surface area contributed by atoms with Crippen molar-refractivity contribution in [3.63, 3.8) is 0 Å². The van der Waals surface area contributed by atoms with Crippen LogP contribution in [-0.4, -0.2) is 47.8 Å². The van der Waals surface area contributed by atoms with Gasteiger partial charge in [-0.25, -0.2) is 0 Å². The van der Waals surface area contributed by atoms with Gasteiger partial charge in [-0.05, 0) is 77.0 Å². The van der Waals surface area contributed by atoms with Crippen LogP contribution in [0.3, 0.4) is 0 Å². The zero-order valence-electron chi connectivity index (χ0n) is 22.5. The molecule has 18 heteroatoms. The second kappa shape index (κ2) is 25.4. The molecular formula is C26H28Ag2F12O4. The fraction of sp³-hybridized carbons (Fsp3) is 0.538. The van der Waals surface area contributed by atoms with Crippen LogP contribution < -0.4 is 0 Å². The summed E-state index contributed by atoms with van der Waals surface area (Å²) in [5, 5.41) is 0. The molecule has 0 aliphatic heterocycles. The fourth-order valence-corrected chi connectivity index (χ4v) is 2.44. The van der Waals surface area contributed by atoms with Gasteiger partial charge in [-0.1, -0.05) is 25.7 Å². The Hall–Kier alpha value is -0.679. The van der Waals surface area contributed by atoms with E-state index in [1.165, 1.54) is 51.4 Å². The van der Waals surface area contributed by atoms with Gasteiger partial charge in [0, 0.05) is 44.8 Å². The fourth-order valence-electron chi connectivity index (χ4n) is 2.44. The molecule has 262 valence electrons. The number of carbonyl (C=O) groups is 4. The van der Waals surface area contributed by atoms with Crippen molar-refractivity contribution >= 4 is 23.1 Å². The summed E-state index contributed by atoms with van der Waals surface area (Å²) in [5.74, 6) is -10.8. The Kier molecular flexibility index (Phi) is 29.0. The molecule has 44 heavy (non-hydrogen) atoms. The third-order valence-electron chi connectivity index (χ3n) is 4.66. The first kappa shape index (κ1) is 50.2. The quantitative estimate of drug-likeness (QED) is 0.163. The van der Waals surface area contributed by atoms with Gasteiger partial charge in [0.05, 0.1) is 12.8 Å². The molecule has 2 fully saturated rings. The number of alkyl halides is 12. The van der Waals surface area contributed by atoms with Crippen LogP contribution in [0.5, 0.6) is 0 Å². The molecule has 0 saturated heterocycles. The molecule has 0 atom stereocenters. The van der Waals surface area contributed by atoms with E-state index in [1.54, 1.807) is 0 Å². The molecule has 2 saturated carbocycles. The van der Waals surface area contributed by atoms with E-state index in [-0.39, 0.29) is 44.8 Å². The van der Waals surface area contributed by atoms with Crippen molar-refractivity contribution in [1.82, 2.24) is 0 Å². The topological polar surface area (TPSA) is 68.3 Å². The third kappa shape index (κ3) is 30.0. The van der Waals surface area contributed by atoms with Gasteiger partial charge in [0.15, 0.2) is 0 Å². The van der Waals surface area contributed by atoms with Gasteiger partial charge in [0.25, 0.3) is 0 Å². The Morgan fingerprint density at radius 3 is 0.682 bits per heavy atom. The molecule has 10 radical (unpaired) electrons. The average Bonchev–Trinajstić information content (AvgIpc) is 2.77. The number of rotatable bonds is 4. The predicted octanol–water partition coefficient (Wildman–Crippen LogP) is 8.03. The van der Waals surface area contributed by atoms with Crippen LogP contribution in [0, 0.1) is 51.4 Å². The van der Waals surface area contributed by atoms with Gasteiger partial charge >= 0.3 is 24.7 Å². The predicted molar refractivity (Wildman–Crippen MR) is 125 cm³/mol. The van der Waals surface area contributed by atoms with Crippen LogP contribution in [0.2, 0.25) is 0 Å². The molecule has 2 aliphatic carbocycles. The van der Waals surface area contributed by atoms with Gasteiger partial charge in [-0.15, -0.1) is 0 Å². The minimum absolute atomic E-state index is 0. The summed E-state index contributed by atoms with van der Waals surface area (Å²) in [6.07, 6.45) is 2.02. The van der Waals surface area contributed by atoms with Crippen LogP contribution in [0.25, 0.3) is 0 Å². The van der Waals surface area contributed by atoms with Crippen molar-refractivity contribution < 1.29 is 117 Å². The van der Waals surface area contributed by atoms with Crippen molar-refractivity contribution in [3.8, 4) is 0 Å². The number of hydrogen-bond acceptors (Lipinski definition) is 4. The Morgan fingerprint density at radius 1 is 0.386 bits per heavy atom. The average molecular weight is 848 g/mol. The van der Waals surface area contributed by atoms with Crippen molar-refractivity contribution in [2.75, 3.05) is 0 Å². The molecule has 2 aliphatic rings. The largest absolute Gasteiger partial charge is 0.450 e. The molecule has 0 aromatic heterocycles. The first-order chi connectivity index (χ1) is 19.1. The summed E-state index contributed by atoms with van der Waals surface area (Å²) < 4.78 is 136. The molecule has 2 rings (SSSR count). The number of hydrogen-bond donors (Lipinski definition) is 0. The summed E-state index contributed by atoms with van der Waals surface area (Å²) in [5.41, 5.74) is 0. The zero-order valence-corrected chi connectivity index (χ0v) is 25.4. The molecule has 0 spiro atoms. The van der Waals surface area contributed by atoms with E-state index >= 15 is 0 Å². The maximum atomic E-state index is 11.3. The normalized spacial score (nSPS) is 16.3. The van der Waals surface area contributed by atoms with E-state index in [0.717, 1.165) is 0 Å². The summed E-state index contributed by atoms with van der Waals surface area (Å²) in [4.78, 5) is 39.5. The van der Waals surface area contributed by atoms with Gasteiger partial charge in [0.1, 0.15) is 0 Å². The van der Waals surface area contributed by atoms with Crippen LogP contribution in [0.1, 0.15) is 64.2 Å². The van der Waals surface area contributed by atoms with Crippen LogP contribution >= 0.6 is 0 Å².